The topological polar surface area (TPSA) is 95.3 Å². The average Bonchev–Trinajstić information content (AvgIpc) is 3.20. The van der Waals surface area contributed by atoms with Crippen LogP contribution in [0, 0.1) is 11.3 Å². The van der Waals surface area contributed by atoms with E-state index >= 15 is 0 Å². The van der Waals surface area contributed by atoms with Crippen LogP contribution in [0.4, 0.5) is 5.00 Å². The van der Waals surface area contributed by atoms with E-state index in [4.69, 9.17) is 4.74 Å². The number of carbonyl (C=O) groups is 2. The van der Waals surface area contributed by atoms with Crippen molar-refractivity contribution in [1.29, 1.82) is 5.26 Å². The highest BCUT2D eigenvalue weighted by Crippen LogP contribution is 2.37. The minimum absolute atomic E-state index is 0.0316. The Morgan fingerprint density at radius 2 is 2.12 bits per heavy atom. The highest BCUT2D eigenvalue weighted by atomic mass is 32.1. The third-order valence-electron chi connectivity index (χ3n) is 5.75. The molecule has 0 radical (unpaired) electrons. The molecule has 2 aromatic heterocycles. The largest absolute Gasteiger partial charge is 0.494 e. The maximum Gasteiger partial charge on any atom is 0.227 e. The Morgan fingerprint density at radius 3 is 2.88 bits per heavy atom. The lowest BCUT2D eigenvalue weighted by molar-refractivity contribution is -0.131. The van der Waals surface area contributed by atoms with Crippen molar-refractivity contribution in [3.05, 3.63) is 75.9 Å². The predicted molar refractivity (Wildman–Crippen MR) is 131 cm³/mol. The molecule has 0 saturated carbocycles. The van der Waals surface area contributed by atoms with Crippen molar-refractivity contribution in [2.45, 2.75) is 39.2 Å². The van der Waals surface area contributed by atoms with Gasteiger partial charge < -0.3 is 15.0 Å². The quantitative estimate of drug-likeness (QED) is 0.530. The Hall–Kier alpha value is -3.70. The van der Waals surface area contributed by atoms with Crippen LogP contribution in [0.2, 0.25) is 0 Å². The number of fused-ring (bicyclic) bond motifs is 1. The van der Waals surface area contributed by atoms with Gasteiger partial charge in [-0.3, -0.25) is 14.6 Å². The number of nitrogens with zero attached hydrogens (tertiary/aromatic N) is 3. The molecule has 4 rings (SSSR count). The van der Waals surface area contributed by atoms with E-state index in [2.05, 4.69) is 16.4 Å². The molecule has 1 aliphatic heterocycles. The van der Waals surface area contributed by atoms with Gasteiger partial charge in [0.05, 0.1) is 25.1 Å². The van der Waals surface area contributed by atoms with Gasteiger partial charge in [0.2, 0.25) is 11.8 Å². The standard InChI is InChI=1S/C26H26N4O3S/c1-2-33-22-8-4-3-7-19(22)9-10-24(31)29-26-21(15-27)20-11-13-30(17-23(20)34-26)25(32)14-18-6-5-12-28-16-18/h3-8,12,16H,2,9-11,13-14,17H2,1H3,(H,29,31). The van der Waals surface area contributed by atoms with Crippen molar-refractivity contribution in [3.8, 4) is 11.8 Å². The number of pyridine rings is 1. The summed E-state index contributed by atoms with van der Waals surface area (Å²) < 4.78 is 5.64. The molecule has 1 aliphatic rings. The smallest absolute Gasteiger partial charge is 0.227 e. The van der Waals surface area contributed by atoms with Crippen LogP contribution in [-0.4, -0.2) is 34.8 Å². The van der Waals surface area contributed by atoms with Crippen molar-refractivity contribution in [2.24, 2.45) is 0 Å². The van der Waals surface area contributed by atoms with Gasteiger partial charge >= 0.3 is 0 Å². The zero-order valence-electron chi connectivity index (χ0n) is 19.0. The van der Waals surface area contributed by atoms with Crippen molar-refractivity contribution in [3.63, 3.8) is 0 Å². The van der Waals surface area contributed by atoms with Gasteiger partial charge in [-0.25, -0.2) is 0 Å². The first-order valence-corrected chi connectivity index (χ1v) is 12.1. The van der Waals surface area contributed by atoms with Crippen molar-refractivity contribution in [1.82, 2.24) is 9.88 Å². The fraction of sp³-hybridized carbons (Fsp3) is 0.308. The Bertz CT molecular complexity index is 1220. The molecule has 174 valence electrons. The van der Waals surface area contributed by atoms with Crippen molar-refractivity contribution < 1.29 is 14.3 Å². The van der Waals surface area contributed by atoms with Gasteiger partial charge in [-0.15, -0.1) is 11.3 Å². The Labute approximate surface area is 203 Å². The SMILES string of the molecule is CCOc1ccccc1CCC(=O)Nc1sc2c(c1C#N)CCN(C(=O)Cc1cccnc1)C2. The van der Waals surface area contributed by atoms with E-state index in [-0.39, 0.29) is 18.2 Å². The molecule has 0 spiro atoms. The molecular weight excluding hydrogens is 448 g/mol. The number of amides is 2. The molecule has 1 N–H and O–H groups in total. The third-order valence-corrected chi connectivity index (χ3v) is 6.88. The highest BCUT2D eigenvalue weighted by molar-refractivity contribution is 7.16. The molecule has 0 aliphatic carbocycles. The van der Waals surface area contributed by atoms with Gasteiger partial charge in [0.15, 0.2) is 0 Å². The number of para-hydroxylation sites is 1. The zero-order valence-corrected chi connectivity index (χ0v) is 19.9. The number of benzene rings is 1. The number of aromatic nitrogens is 1. The molecule has 0 saturated heterocycles. The van der Waals surface area contributed by atoms with E-state index in [9.17, 15) is 14.9 Å². The first-order chi connectivity index (χ1) is 16.6. The molecule has 0 bridgehead atoms. The lowest BCUT2D eigenvalue weighted by atomic mass is 10.0. The molecule has 8 heteroatoms. The number of nitriles is 1. The van der Waals surface area contributed by atoms with E-state index in [0.717, 1.165) is 27.3 Å². The fourth-order valence-electron chi connectivity index (χ4n) is 4.06. The van der Waals surface area contributed by atoms with E-state index in [1.165, 1.54) is 11.3 Å². The van der Waals surface area contributed by atoms with E-state index < -0.39 is 0 Å². The molecular formula is C26H26N4O3S. The monoisotopic (exact) mass is 474 g/mol. The van der Waals surface area contributed by atoms with Crippen LogP contribution in [0.1, 0.15) is 40.5 Å². The van der Waals surface area contributed by atoms with Crippen LogP contribution in [-0.2, 0) is 35.4 Å². The molecule has 7 nitrogen and oxygen atoms in total. The van der Waals surface area contributed by atoms with Gasteiger partial charge in [0.25, 0.3) is 0 Å². The number of thiophene rings is 1. The maximum absolute atomic E-state index is 12.8. The summed E-state index contributed by atoms with van der Waals surface area (Å²) >= 11 is 1.39. The first-order valence-electron chi connectivity index (χ1n) is 11.3. The summed E-state index contributed by atoms with van der Waals surface area (Å²) in [5.41, 5.74) is 3.31. The number of aryl methyl sites for hydroxylation is 1. The molecule has 0 unspecified atom stereocenters. The highest BCUT2D eigenvalue weighted by Gasteiger charge is 2.27. The first kappa shape index (κ1) is 23.5. The summed E-state index contributed by atoms with van der Waals surface area (Å²) in [6.07, 6.45) is 5.12. The zero-order chi connectivity index (χ0) is 23.9. The Balaban J connectivity index is 1.40. The van der Waals surface area contributed by atoms with Crippen LogP contribution in [0.25, 0.3) is 0 Å². The van der Waals surface area contributed by atoms with Crippen molar-refractivity contribution >= 4 is 28.2 Å². The van der Waals surface area contributed by atoms with Crippen molar-refractivity contribution in [2.75, 3.05) is 18.5 Å². The number of ether oxygens (including phenoxy) is 1. The van der Waals surface area contributed by atoms with Crippen LogP contribution >= 0.6 is 11.3 Å². The fourth-order valence-corrected chi connectivity index (χ4v) is 5.29. The summed E-state index contributed by atoms with van der Waals surface area (Å²) in [6, 6.07) is 13.7. The Morgan fingerprint density at radius 1 is 1.26 bits per heavy atom. The van der Waals surface area contributed by atoms with Crippen LogP contribution in [0.5, 0.6) is 5.75 Å². The van der Waals surface area contributed by atoms with E-state index in [1.54, 1.807) is 12.4 Å². The second-order valence-electron chi connectivity index (χ2n) is 8.01. The predicted octanol–water partition coefficient (Wildman–Crippen LogP) is 4.11. The Kier molecular flexibility index (Phi) is 7.55. The number of anilines is 1. The number of hydrogen-bond donors (Lipinski definition) is 1. The summed E-state index contributed by atoms with van der Waals surface area (Å²) in [6.45, 7) is 3.50. The minimum atomic E-state index is -0.147. The summed E-state index contributed by atoms with van der Waals surface area (Å²) in [5, 5.41) is 13.2. The summed E-state index contributed by atoms with van der Waals surface area (Å²) in [5.74, 6) is 0.674. The number of nitrogens with one attached hydrogen (secondary N) is 1. The minimum Gasteiger partial charge on any atom is -0.494 e. The van der Waals surface area contributed by atoms with E-state index in [1.807, 2.05) is 48.2 Å². The van der Waals surface area contributed by atoms with Gasteiger partial charge in [0.1, 0.15) is 16.8 Å². The molecule has 3 aromatic rings. The number of hydrogen-bond acceptors (Lipinski definition) is 6. The lowest BCUT2D eigenvalue weighted by Crippen LogP contribution is -2.36. The van der Waals surface area contributed by atoms with Crippen LogP contribution in [0.15, 0.2) is 48.8 Å². The molecule has 34 heavy (non-hydrogen) atoms. The number of carbonyl (C=O) groups excluding carboxylic acids is 2. The summed E-state index contributed by atoms with van der Waals surface area (Å²) in [4.78, 5) is 32.3. The van der Waals surface area contributed by atoms with Crippen LogP contribution in [0.3, 0.4) is 0 Å². The van der Waals surface area contributed by atoms with Gasteiger partial charge in [-0.05, 0) is 48.6 Å². The summed E-state index contributed by atoms with van der Waals surface area (Å²) in [7, 11) is 0. The average molecular weight is 475 g/mol. The van der Waals surface area contributed by atoms with E-state index in [0.29, 0.717) is 49.5 Å². The maximum atomic E-state index is 12.8. The van der Waals surface area contributed by atoms with Gasteiger partial charge in [0, 0.05) is 30.2 Å². The molecule has 2 amide bonds. The molecule has 0 atom stereocenters. The second-order valence-corrected chi connectivity index (χ2v) is 9.12. The molecule has 1 aromatic carbocycles. The van der Waals surface area contributed by atoms with Gasteiger partial charge in [-0.2, -0.15) is 5.26 Å². The normalized spacial score (nSPS) is 12.5. The van der Waals surface area contributed by atoms with Crippen LogP contribution < -0.4 is 10.1 Å². The lowest BCUT2D eigenvalue weighted by Gasteiger charge is -2.27. The molecule has 0 fully saturated rings. The van der Waals surface area contributed by atoms with Gasteiger partial charge in [-0.1, -0.05) is 24.3 Å². The molecule has 3 heterocycles. The number of rotatable bonds is 8. The second kappa shape index (κ2) is 10.9. The third kappa shape index (κ3) is 5.43.